The second kappa shape index (κ2) is 8.92. The highest BCUT2D eigenvalue weighted by atomic mass is 35.5. The van der Waals surface area contributed by atoms with Crippen LogP contribution in [0.3, 0.4) is 0 Å². The lowest BCUT2D eigenvalue weighted by Crippen LogP contribution is -2.30. The average molecular weight is 403 g/mol. The van der Waals surface area contributed by atoms with Crippen LogP contribution in [-0.2, 0) is 17.9 Å². The van der Waals surface area contributed by atoms with Crippen molar-refractivity contribution in [3.8, 4) is 11.6 Å². The van der Waals surface area contributed by atoms with Crippen LogP contribution in [0.2, 0.25) is 5.02 Å². The largest absolute Gasteiger partial charge is 0.461 e. The lowest BCUT2D eigenvalue weighted by molar-refractivity contribution is -0.120. The van der Waals surface area contributed by atoms with E-state index in [0.717, 1.165) is 5.56 Å². The van der Waals surface area contributed by atoms with E-state index in [1.54, 1.807) is 24.5 Å². The normalized spacial score (nSPS) is 11.9. The number of carbonyl (C=O) groups excluding carboxylic acids is 1. The molecule has 1 atom stereocenters. The molecule has 1 unspecified atom stereocenters. The van der Waals surface area contributed by atoms with E-state index >= 15 is 0 Å². The van der Waals surface area contributed by atoms with Crippen LogP contribution in [0.5, 0.6) is 0 Å². The molecule has 1 N–H and O–H groups in total. The SMILES string of the molecule is C=CCn1c(SC(C)C(=O)NCc2ccccc2Cl)nnc1-c1ccco1. The minimum absolute atomic E-state index is 0.104. The summed E-state index contributed by atoms with van der Waals surface area (Å²) in [5.74, 6) is 1.12. The van der Waals surface area contributed by atoms with Crippen LogP contribution in [0.1, 0.15) is 12.5 Å². The predicted octanol–water partition coefficient (Wildman–Crippen LogP) is 4.17. The Morgan fingerprint density at radius 1 is 1.37 bits per heavy atom. The van der Waals surface area contributed by atoms with Crippen LogP contribution in [-0.4, -0.2) is 25.9 Å². The summed E-state index contributed by atoms with van der Waals surface area (Å²) in [6, 6.07) is 11.0. The molecule has 0 aliphatic carbocycles. The summed E-state index contributed by atoms with van der Waals surface area (Å²) in [5.41, 5.74) is 0.875. The van der Waals surface area contributed by atoms with Gasteiger partial charge >= 0.3 is 0 Å². The van der Waals surface area contributed by atoms with Gasteiger partial charge in [0.1, 0.15) is 0 Å². The Bertz CT molecular complexity index is 924. The van der Waals surface area contributed by atoms with E-state index in [2.05, 4.69) is 22.1 Å². The Hall–Kier alpha value is -2.51. The molecule has 1 aromatic carbocycles. The fraction of sp³-hybridized carbons (Fsp3) is 0.211. The van der Waals surface area contributed by atoms with Crippen LogP contribution < -0.4 is 5.32 Å². The van der Waals surface area contributed by atoms with Gasteiger partial charge in [0.2, 0.25) is 11.7 Å². The second-order valence-corrected chi connectivity index (χ2v) is 7.47. The third-order valence-electron chi connectivity index (χ3n) is 3.83. The van der Waals surface area contributed by atoms with Gasteiger partial charge in [0, 0.05) is 18.1 Å². The van der Waals surface area contributed by atoms with Crippen molar-refractivity contribution in [3.63, 3.8) is 0 Å². The summed E-state index contributed by atoms with van der Waals surface area (Å²) >= 11 is 7.46. The molecule has 0 bridgehead atoms. The molecule has 6 nitrogen and oxygen atoms in total. The zero-order chi connectivity index (χ0) is 19.2. The van der Waals surface area contributed by atoms with E-state index in [1.165, 1.54) is 11.8 Å². The quantitative estimate of drug-likeness (QED) is 0.452. The van der Waals surface area contributed by atoms with E-state index in [-0.39, 0.29) is 11.2 Å². The van der Waals surface area contributed by atoms with Crippen molar-refractivity contribution in [3.05, 3.63) is 65.9 Å². The van der Waals surface area contributed by atoms with E-state index in [0.29, 0.717) is 34.9 Å². The van der Waals surface area contributed by atoms with Crippen molar-refractivity contribution in [2.75, 3.05) is 0 Å². The molecule has 3 aromatic rings. The van der Waals surface area contributed by atoms with Crippen LogP contribution >= 0.6 is 23.4 Å². The maximum atomic E-state index is 12.5. The molecule has 27 heavy (non-hydrogen) atoms. The van der Waals surface area contributed by atoms with Crippen LogP contribution in [0.4, 0.5) is 0 Å². The van der Waals surface area contributed by atoms with Gasteiger partial charge in [-0.2, -0.15) is 0 Å². The Labute approximate surface area is 166 Å². The number of furan rings is 1. The van der Waals surface area contributed by atoms with Gasteiger partial charge in [-0.1, -0.05) is 47.6 Å². The van der Waals surface area contributed by atoms with Gasteiger partial charge in [-0.25, -0.2) is 0 Å². The van der Waals surface area contributed by atoms with E-state index in [4.69, 9.17) is 16.0 Å². The van der Waals surface area contributed by atoms with Crippen molar-refractivity contribution >= 4 is 29.3 Å². The predicted molar refractivity (Wildman–Crippen MR) is 107 cm³/mol. The molecular formula is C19H19ClN4O2S. The fourth-order valence-corrected chi connectivity index (χ4v) is 3.52. The number of hydrogen-bond acceptors (Lipinski definition) is 5. The van der Waals surface area contributed by atoms with Crippen molar-refractivity contribution in [2.45, 2.75) is 30.4 Å². The maximum absolute atomic E-state index is 12.5. The highest BCUT2D eigenvalue weighted by Crippen LogP contribution is 2.27. The number of benzene rings is 1. The van der Waals surface area contributed by atoms with Crippen molar-refractivity contribution in [2.24, 2.45) is 0 Å². The van der Waals surface area contributed by atoms with Gasteiger partial charge in [-0.05, 0) is 30.7 Å². The van der Waals surface area contributed by atoms with E-state index in [1.807, 2.05) is 35.8 Å². The first-order valence-electron chi connectivity index (χ1n) is 8.36. The lowest BCUT2D eigenvalue weighted by atomic mass is 10.2. The van der Waals surface area contributed by atoms with Crippen LogP contribution in [0.15, 0.2) is 64.9 Å². The molecule has 1 amide bonds. The topological polar surface area (TPSA) is 73.0 Å². The number of hydrogen-bond donors (Lipinski definition) is 1. The molecule has 0 spiro atoms. The smallest absolute Gasteiger partial charge is 0.233 e. The number of amides is 1. The molecule has 0 saturated heterocycles. The van der Waals surface area contributed by atoms with Crippen molar-refractivity contribution < 1.29 is 9.21 Å². The highest BCUT2D eigenvalue weighted by Gasteiger charge is 2.21. The summed E-state index contributed by atoms with van der Waals surface area (Å²) in [7, 11) is 0. The average Bonchev–Trinajstić information content (AvgIpc) is 3.31. The highest BCUT2D eigenvalue weighted by molar-refractivity contribution is 8.00. The summed E-state index contributed by atoms with van der Waals surface area (Å²) in [5, 5.41) is 12.2. The summed E-state index contributed by atoms with van der Waals surface area (Å²) in [6.45, 7) is 6.49. The monoisotopic (exact) mass is 402 g/mol. The summed E-state index contributed by atoms with van der Waals surface area (Å²) < 4.78 is 7.28. The zero-order valence-electron chi connectivity index (χ0n) is 14.8. The zero-order valence-corrected chi connectivity index (χ0v) is 16.3. The van der Waals surface area contributed by atoms with Gasteiger partial charge in [-0.3, -0.25) is 9.36 Å². The van der Waals surface area contributed by atoms with Crippen LogP contribution in [0, 0.1) is 0 Å². The standard InChI is InChI=1S/C19H19ClN4O2S/c1-3-10-24-17(16-9-6-11-26-16)22-23-19(24)27-13(2)18(25)21-12-14-7-4-5-8-15(14)20/h3-9,11,13H,1,10,12H2,2H3,(H,21,25). The summed E-state index contributed by atoms with van der Waals surface area (Å²) in [4.78, 5) is 12.5. The molecule has 0 saturated carbocycles. The van der Waals surface area contributed by atoms with Crippen LogP contribution in [0.25, 0.3) is 11.6 Å². The van der Waals surface area contributed by atoms with Gasteiger partial charge in [0.05, 0.1) is 11.5 Å². The Kier molecular flexibility index (Phi) is 6.36. The Balaban J connectivity index is 1.68. The minimum atomic E-state index is -0.357. The number of nitrogens with one attached hydrogen (secondary N) is 1. The number of halogens is 1. The first-order chi connectivity index (χ1) is 13.1. The first kappa shape index (κ1) is 19.3. The van der Waals surface area contributed by atoms with Crippen molar-refractivity contribution in [1.82, 2.24) is 20.1 Å². The molecule has 0 aliphatic heterocycles. The van der Waals surface area contributed by atoms with Gasteiger partial charge in [0.25, 0.3) is 0 Å². The number of carbonyl (C=O) groups is 1. The Morgan fingerprint density at radius 3 is 2.89 bits per heavy atom. The first-order valence-corrected chi connectivity index (χ1v) is 9.61. The van der Waals surface area contributed by atoms with Gasteiger partial charge in [0.15, 0.2) is 10.9 Å². The number of thioether (sulfide) groups is 1. The third kappa shape index (κ3) is 4.61. The fourth-order valence-electron chi connectivity index (χ4n) is 2.44. The lowest BCUT2D eigenvalue weighted by Gasteiger charge is -2.13. The molecule has 140 valence electrons. The van der Waals surface area contributed by atoms with Crippen molar-refractivity contribution in [1.29, 1.82) is 0 Å². The molecule has 0 radical (unpaired) electrons. The molecule has 0 fully saturated rings. The van der Waals surface area contributed by atoms with Gasteiger partial charge in [-0.15, -0.1) is 16.8 Å². The molecule has 8 heteroatoms. The maximum Gasteiger partial charge on any atom is 0.233 e. The summed E-state index contributed by atoms with van der Waals surface area (Å²) in [6.07, 6.45) is 3.34. The molecule has 0 aliphatic rings. The van der Waals surface area contributed by atoms with E-state index in [9.17, 15) is 4.79 Å². The number of rotatable bonds is 8. The number of nitrogens with zero attached hydrogens (tertiary/aromatic N) is 3. The molecule has 2 aromatic heterocycles. The number of allylic oxidation sites excluding steroid dienone is 1. The Morgan fingerprint density at radius 2 is 2.19 bits per heavy atom. The molecule has 3 rings (SSSR count). The second-order valence-electron chi connectivity index (χ2n) is 5.75. The third-order valence-corrected chi connectivity index (χ3v) is 5.28. The van der Waals surface area contributed by atoms with E-state index < -0.39 is 0 Å². The minimum Gasteiger partial charge on any atom is -0.461 e. The number of aromatic nitrogens is 3. The molecular weight excluding hydrogens is 384 g/mol. The molecule has 2 heterocycles. The van der Waals surface area contributed by atoms with Gasteiger partial charge < -0.3 is 9.73 Å².